The molecule has 1 atom stereocenters. The van der Waals surface area contributed by atoms with Gasteiger partial charge in [-0.15, -0.1) is 0 Å². The van der Waals surface area contributed by atoms with Crippen LogP contribution in [0.25, 0.3) is 11.1 Å². The third-order valence-corrected chi connectivity index (χ3v) is 7.03. The van der Waals surface area contributed by atoms with Crippen molar-refractivity contribution in [3.05, 3.63) is 89.0 Å². The minimum Gasteiger partial charge on any atom is -0.508 e. The molecule has 0 radical (unpaired) electrons. The fraction of sp³-hybridized carbons (Fsp3) is 0.333. The maximum Gasteiger partial charge on any atom is 0.119 e. The Labute approximate surface area is 206 Å². The number of alkyl halides is 1. The smallest absolute Gasteiger partial charge is 0.119 e. The topological polar surface area (TPSA) is 52.9 Å². The SMILES string of the molecule is Oc1ccc(C2=C(c3ccc(OC4CCN(CCCF)C4)cc3)c3ccc(O)cc3CCC2)cc1. The Kier molecular flexibility index (Phi) is 7.05. The first-order chi connectivity index (χ1) is 17.1. The van der Waals surface area contributed by atoms with Gasteiger partial charge in [-0.1, -0.05) is 30.3 Å². The zero-order chi connectivity index (χ0) is 24.2. The molecule has 2 N–H and O–H groups in total. The summed E-state index contributed by atoms with van der Waals surface area (Å²) in [5, 5.41) is 19.9. The van der Waals surface area contributed by atoms with Crippen LogP contribution in [0.2, 0.25) is 0 Å². The first-order valence-corrected chi connectivity index (χ1v) is 12.5. The molecule has 182 valence electrons. The Hall–Kier alpha value is -3.31. The Bertz CT molecular complexity index is 1190. The van der Waals surface area contributed by atoms with Crippen LogP contribution in [0.5, 0.6) is 17.2 Å². The maximum atomic E-state index is 12.5. The molecule has 1 aliphatic heterocycles. The average molecular weight is 474 g/mol. The molecule has 1 saturated heterocycles. The molecule has 5 rings (SSSR count). The number of nitrogens with zero attached hydrogens (tertiary/aromatic N) is 1. The molecule has 2 aliphatic rings. The largest absolute Gasteiger partial charge is 0.508 e. The lowest BCUT2D eigenvalue weighted by Gasteiger charge is -2.18. The highest BCUT2D eigenvalue weighted by Gasteiger charge is 2.24. The number of phenols is 2. The minimum absolute atomic E-state index is 0.133. The number of ether oxygens (including phenoxy) is 1. The third kappa shape index (κ3) is 5.35. The fourth-order valence-electron chi connectivity index (χ4n) is 5.33. The molecular weight excluding hydrogens is 441 g/mol. The summed E-state index contributed by atoms with van der Waals surface area (Å²) in [4.78, 5) is 2.27. The highest BCUT2D eigenvalue weighted by molar-refractivity contribution is 6.00. The van der Waals surface area contributed by atoms with Crippen LogP contribution >= 0.6 is 0 Å². The van der Waals surface area contributed by atoms with Crippen LogP contribution in [-0.4, -0.2) is 47.5 Å². The monoisotopic (exact) mass is 473 g/mol. The molecule has 35 heavy (non-hydrogen) atoms. The van der Waals surface area contributed by atoms with Gasteiger partial charge in [0.1, 0.15) is 23.4 Å². The normalized spacial score (nSPS) is 18.4. The van der Waals surface area contributed by atoms with Gasteiger partial charge in [0.05, 0.1) is 6.67 Å². The number of likely N-dealkylation sites (tertiary alicyclic amines) is 1. The lowest BCUT2D eigenvalue weighted by molar-refractivity contribution is 0.198. The van der Waals surface area contributed by atoms with Crippen LogP contribution in [-0.2, 0) is 6.42 Å². The van der Waals surface area contributed by atoms with E-state index in [4.69, 9.17) is 4.74 Å². The zero-order valence-corrected chi connectivity index (χ0v) is 19.9. The molecule has 1 aliphatic carbocycles. The molecule has 0 aromatic heterocycles. The van der Waals surface area contributed by atoms with Crippen molar-refractivity contribution >= 4 is 11.1 Å². The first-order valence-electron chi connectivity index (χ1n) is 12.5. The highest BCUT2D eigenvalue weighted by Crippen LogP contribution is 2.41. The number of fused-ring (bicyclic) bond motifs is 1. The van der Waals surface area contributed by atoms with Gasteiger partial charge < -0.3 is 14.9 Å². The molecule has 1 heterocycles. The summed E-state index contributed by atoms with van der Waals surface area (Å²) in [6.07, 6.45) is 4.47. The van der Waals surface area contributed by atoms with E-state index in [-0.39, 0.29) is 24.3 Å². The van der Waals surface area contributed by atoms with E-state index < -0.39 is 0 Å². The Morgan fingerprint density at radius 1 is 0.886 bits per heavy atom. The molecule has 3 aromatic rings. The quantitative estimate of drug-likeness (QED) is 0.429. The Balaban J connectivity index is 1.46. The second-order valence-corrected chi connectivity index (χ2v) is 9.49. The summed E-state index contributed by atoms with van der Waals surface area (Å²) >= 11 is 0. The zero-order valence-electron chi connectivity index (χ0n) is 19.9. The molecule has 1 unspecified atom stereocenters. The van der Waals surface area contributed by atoms with Gasteiger partial charge in [0.2, 0.25) is 0 Å². The number of aryl methyl sites for hydroxylation is 1. The number of halogens is 1. The van der Waals surface area contributed by atoms with Crippen LogP contribution in [0, 0.1) is 0 Å². The fourth-order valence-corrected chi connectivity index (χ4v) is 5.33. The van der Waals surface area contributed by atoms with Crippen molar-refractivity contribution in [2.75, 3.05) is 26.3 Å². The second-order valence-electron chi connectivity index (χ2n) is 9.49. The van der Waals surface area contributed by atoms with Crippen molar-refractivity contribution in [2.45, 2.75) is 38.2 Å². The van der Waals surface area contributed by atoms with Gasteiger partial charge in [-0.25, -0.2) is 0 Å². The maximum absolute atomic E-state index is 12.5. The predicted molar refractivity (Wildman–Crippen MR) is 138 cm³/mol. The molecule has 0 spiro atoms. The number of rotatable bonds is 7. The van der Waals surface area contributed by atoms with Gasteiger partial charge >= 0.3 is 0 Å². The summed E-state index contributed by atoms with van der Waals surface area (Å²) in [5.41, 5.74) is 6.88. The highest BCUT2D eigenvalue weighted by atomic mass is 19.1. The summed E-state index contributed by atoms with van der Waals surface area (Å²) in [6.45, 7) is 2.32. The van der Waals surface area contributed by atoms with Crippen LogP contribution in [0.1, 0.15) is 47.9 Å². The molecule has 4 nitrogen and oxygen atoms in total. The molecular formula is C30H32FNO3. The van der Waals surface area contributed by atoms with E-state index in [1.807, 2.05) is 36.4 Å². The molecule has 0 saturated carbocycles. The minimum atomic E-state index is -0.270. The summed E-state index contributed by atoms with van der Waals surface area (Å²) in [7, 11) is 0. The van der Waals surface area contributed by atoms with Crippen LogP contribution in [0.3, 0.4) is 0 Å². The van der Waals surface area contributed by atoms with Gasteiger partial charge in [0, 0.05) is 19.6 Å². The van der Waals surface area contributed by atoms with Gasteiger partial charge in [-0.05, 0) is 102 Å². The van der Waals surface area contributed by atoms with E-state index in [0.717, 1.165) is 78.9 Å². The van der Waals surface area contributed by atoms with Crippen LogP contribution in [0.15, 0.2) is 66.7 Å². The molecule has 0 bridgehead atoms. The molecule has 0 amide bonds. The van der Waals surface area contributed by atoms with Crippen molar-refractivity contribution < 1.29 is 19.3 Å². The Morgan fingerprint density at radius 2 is 1.63 bits per heavy atom. The first kappa shape index (κ1) is 23.4. The summed E-state index contributed by atoms with van der Waals surface area (Å²) in [6, 6.07) is 21.4. The standard InChI is InChI=1S/C30H32FNO3/c31-16-2-17-32-18-15-27(20-32)35-26-12-7-22(8-13-26)30-28(21-5-9-24(33)10-6-21)4-1-3-23-19-25(34)11-14-29(23)30/h5-14,19,27,33-34H,1-4,15-18,20H2. The predicted octanol–water partition coefficient (Wildman–Crippen LogP) is 6.21. The Morgan fingerprint density at radius 3 is 2.40 bits per heavy atom. The van der Waals surface area contributed by atoms with Crippen LogP contribution < -0.4 is 4.74 Å². The lowest BCUT2D eigenvalue weighted by Crippen LogP contribution is -2.26. The second kappa shape index (κ2) is 10.5. The number of allylic oxidation sites excluding steroid dienone is 1. The van der Waals surface area contributed by atoms with E-state index in [1.165, 1.54) is 5.57 Å². The van der Waals surface area contributed by atoms with Gasteiger partial charge in [-0.2, -0.15) is 0 Å². The summed E-state index contributed by atoms with van der Waals surface area (Å²) in [5.74, 6) is 1.39. The number of aromatic hydroxyl groups is 2. The van der Waals surface area contributed by atoms with Gasteiger partial charge in [0.25, 0.3) is 0 Å². The van der Waals surface area contributed by atoms with Crippen molar-refractivity contribution in [1.82, 2.24) is 4.90 Å². The van der Waals surface area contributed by atoms with E-state index in [2.05, 4.69) is 17.0 Å². The number of benzene rings is 3. The number of hydrogen-bond donors (Lipinski definition) is 2. The molecule has 1 fully saturated rings. The molecule has 5 heteroatoms. The van der Waals surface area contributed by atoms with E-state index in [1.54, 1.807) is 18.2 Å². The number of hydrogen-bond acceptors (Lipinski definition) is 4. The van der Waals surface area contributed by atoms with Crippen molar-refractivity contribution in [1.29, 1.82) is 0 Å². The van der Waals surface area contributed by atoms with Gasteiger partial charge in [-0.3, -0.25) is 9.29 Å². The number of phenolic OH excluding ortho intramolecular Hbond substituents is 2. The summed E-state index contributed by atoms with van der Waals surface area (Å²) < 4.78 is 18.7. The van der Waals surface area contributed by atoms with Crippen molar-refractivity contribution in [3.8, 4) is 17.2 Å². The van der Waals surface area contributed by atoms with Crippen molar-refractivity contribution in [3.63, 3.8) is 0 Å². The van der Waals surface area contributed by atoms with Crippen LogP contribution in [0.4, 0.5) is 4.39 Å². The van der Waals surface area contributed by atoms with E-state index >= 15 is 0 Å². The van der Waals surface area contributed by atoms with Crippen molar-refractivity contribution in [2.24, 2.45) is 0 Å². The third-order valence-electron chi connectivity index (χ3n) is 7.03. The average Bonchev–Trinajstić information content (AvgIpc) is 3.22. The van der Waals surface area contributed by atoms with E-state index in [0.29, 0.717) is 6.42 Å². The molecule has 3 aromatic carbocycles. The van der Waals surface area contributed by atoms with Gasteiger partial charge in [0.15, 0.2) is 0 Å². The lowest BCUT2D eigenvalue weighted by atomic mass is 9.88. The van der Waals surface area contributed by atoms with E-state index in [9.17, 15) is 14.6 Å².